The van der Waals surface area contributed by atoms with Gasteiger partial charge in [0.15, 0.2) is 5.54 Å². The lowest BCUT2D eigenvalue weighted by atomic mass is 9.98. The minimum absolute atomic E-state index is 0.182. The third kappa shape index (κ3) is 2.35. The standard InChI is InChI=1S/C14H19N3O3/c18-13(19)14(6-7-20-8-14)17-12-10-4-2-1-3-5-11(10)15-9-16-12/h9H,1-8H2,(H,18,19)(H,15,16,17). The van der Waals surface area contributed by atoms with Gasteiger partial charge in [0.25, 0.3) is 0 Å². The minimum atomic E-state index is -1.05. The number of carboxylic acid groups (broad SMARTS) is 1. The van der Waals surface area contributed by atoms with E-state index in [1.807, 2.05) is 0 Å². The predicted molar refractivity (Wildman–Crippen MR) is 72.7 cm³/mol. The van der Waals surface area contributed by atoms with Crippen molar-refractivity contribution in [3.8, 4) is 0 Å². The van der Waals surface area contributed by atoms with E-state index in [0.29, 0.717) is 18.8 Å². The molecule has 1 aromatic heterocycles. The highest BCUT2D eigenvalue weighted by Crippen LogP contribution is 2.29. The van der Waals surface area contributed by atoms with E-state index >= 15 is 0 Å². The molecule has 1 aliphatic heterocycles. The lowest BCUT2D eigenvalue weighted by Gasteiger charge is -2.26. The van der Waals surface area contributed by atoms with Gasteiger partial charge in [-0.1, -0.05) is 6.42 Å². The van der Waals surface area contributed by atoms with Gasteiger partial charge in [0.1, 0.15) is 12.1 Å². The average Bonchev–Trinajstić information content (AvgIpc) is 2.78. The summed E-state index contributed by atoms with van der Waals surface area (Å²) < 4.78 is 5.28. The number of aliphatic carboxylic acids is 1. The molecule has 0 spiro atoms. The second-order valence-electron chi connectivity index (χ2n) is 5.52. The number of aromatic nitrogens is 2. The van der Waals surface area contributed by atoms with Crippen molar-refractivity contribution in [3.05, 3.63) is 17.6 Å². The Morgan fingerprint density at radius 1 is 1.30 bits per heavy atom. The van der Waals surface area contributed by atoms with Crippen LogP contribution in [0.1, 0.15) is 36.9 Å². The highest BCUT2D eigenvalue weighted by molar-refractivity contribution is 5.83. The van der Waals surface area contributed by atoms with Gasteiger partial charge in [-0.2, -0.15) is 0 Å². The molecule has 0 saturated carbocycles. The molecule has 1 unspecified atom stereocenters. The van der Waals surface area contributed by atoms with Crippen LogP contribution < -0.4 is 5.32 Å². The topological polar surface area (TPSA) is 84.3 Å². The zero-order chi connectivity index (χ0) is 14.0. The van der Waals surface area contributed by atoms with Crippen molar-refractivity contribution in [1.82, 2.24) is 9.97 Å². The smallest absolute Gasteiger partial charge is 0.331 e. The summed E-state index contributed by atoms with van der Waals surface area (Å²) in [6, 6.07) is 0. The van der Waals surface area contributed by atoms with Gasteiger partial charge < -0.3 is 15.2 Å². The van der Waals surface area contributed by atoms with Gasteiger partial charge in [0.05, 0.1) is 6.61 Å². The minimum Gasteiger partial charge on any atom is -0.479 e. The molecule has 2 aliphatic rings. The van der Waals surface area contributed by atoms with Crippen molar-refractivity contribution in [2.45, 2.75) is 44.1 Å². The fraction of sp³-hybridized carbons (Fsp3) is 0.643. The molecule has 1 fully saturated rings. The fourth-order valence-electron chi connectivity index (χ4n) is 2.92. The molecule has 1 aliphatic carbocycles. The summed E-state index contributed by atoms with van der Waals surface area (Å²) in [6.07, 6.45) is 7.27. The van der Waals surface area contributed by atoms with Gasteiger partial charge in [-0.25, -0.2) is 14.8 Å². The Morgan fingerprint density at radius 2 is 2.15 bits per heavy atom. The number of anilines is 1. The Hall–Kier alpha value is -1.69. The first-order chi connectivity index (χ1) is 9.71. The number of ether oxygens (including phenoxy) is 1. The van der Waals surface area contributed by atoms with Crippen molar-refractivity contribution < 1.29 is 14.6 Å². The molecule has 1 atom stereocenters. The number of carboxylic acids is 1. The number of rotatable bonds is 3. The number of nitrogens with zero attached hydrogens (tertiary/aromatic N) is 2. The summed E-state index contributed by atoms with van der Waals surface area (Å²) in [5.41, 5.74) is 1.09. The monoisotopic (exact) mass is 277 g/mol. The molecule has 0 bridgehead atoms. The molecular formula is C14H19N3O3. The molecule has 0 aromatic carbocycles. The Labute approximate surface area is 117 Å². The third-order valence-corrected chi connectivity index (χ3v) is 4.16. The third-order valence-electron chi connectivity index (χ3n) is 4.16. The van der Waals surface area contributed by atoms with E-state index < -0.39 is 11.5 Å². The van der Waals surface area contributed by atoms with Crippen molar-refractivity contribution in [3.63, 3.8) is 0 Å². The maximum atomic E-state index is 11.6. The maximum absolute atomic E-state index is 11.6. The van der Waals surface area contributed by atoms with Crippen LogP contribution >= 0.6 is 0 Å². The van der Waals surface area contributed by atoms with E-state index in [9.17, 15) is 9.90 Å². The molecule has 20 heavy (non-hydrogen) atoms. The zero-order valence-corrected chi connectivity index (χ0v) is 11.4. The van der Waals surface area contributed by atoms with Gasteiger partial charge in [-0.15, -0.1) is 0 Å². The summed E-state index contributed by atoms with van der Waals surface area (Å²) in [4.78, 5) is 20.2. The first kappa shape index (κ1) is 13.3. The molecule has 1 aromatic rings. The van der Waals surface area contributed by atoms with E-state index in [2.05, 4.69) is 15.3 Å². The highest BCUT2D eigenvalue weighted by Gasteiger charge is 2.43. The Kier molecular flexibility index (Phi) is 3.56. The average molecular weight is 277 g/mol. The maximum Gasteiger partial charge on any atom is 0.331 e. The van der Waals surface area contributed by atoms with Gasteiger partial charge in [-0.3, -0.25) is 0 Å². The molecule has 2 N–H and O–H groups in total. The zero-order valence-electron chi connectivity index (χ0n) is 11.4. The van der Waals surface area contributed by atoms with Crippen LogP contribution in [-0.4, -0.2) is 39.8 Å². The van der Waals surface area contributed by atoms with Crippen LogP contribution in [0, 0.1) is 0 Å². The van der Waals surface area contributed by atoms with E-state index in [-0.39, 0.29) is 6.61 Å². The van der Waals surface area contributed by atoms with Crippen molar-refractivity contribution >= 4 is 11.8 Å². The lowest BCUT2D eigenvalue weighted by molar-refractivity contribution is -0.142. The van der Waals surface area contributed by atoms with Crippen LogP contribution in [0.5, 0.6) is 0 Å². The van der Waals surface area contributed by atoms with Crippen LogP contribution in [0.25, 0.3) is 0 Å². The quantitative estimate of drug-likeness (QED) is 0.812. The van der Waals surface area contributed by atoms with E-state index in [0.717, 1.165) is 36.9 Å². The van der Waals surface area contributed by atoms with Crippen LogP contribution in [-0.2, 0) is 22.4 Å². The van der Waals surface area contributed by atoms with E-state index in [1.165, 1.54) is 12.7 Å². The summed E-state index contributed by atoms with van der Waals surface area (Å²) >= 11 is 0. The highest BCUT2D eigenvalue weighted by atomic mass is 16.5. The Balaban J connectivity index is 1.92. The summed E-state index contributed by atoms with van der Waals surface area (Å²) in [6.45, 7) is 0.647. The van der Waals surface area contributed by atoms with Gasteiger partial charge in [-0.05, 0) is 25.7 Å². The molecule has 2 heterocycles. The molecule has 0 amide bonds. The molecule has 3 rings (SSSR count). The van der Waals surface area contributed by atoms with Crippen molar-refractivity contribution in [2.75, 3.05) is 18.5 Å². The van der Waals surface area contributed by atoms with E-state index in [4.69, 9.17) is 4.74 Å². The van der Waals surface area contributed by atoms with Crippen LogP contribution in [0.15, 0.2) is 6.33 Å². The van der Waals surface area contributed by atoms with Crippen LogP contribution in [0.2, 0.25) is 0 Å². The summed E-state index contributed by atoms with van der Waals surface area (Å²) in [5, 5.41) is 12.6. The molecule has 0 radical (unpaired) electrons. The predicted octanol–water partition coefficient (Wildman–Crippen LogP) is 1.40. The number of aryl methyl sites for hydroxylation is 1. The Bertz CT molecular complexity index is 512. The molecule has 1 saturated heterocycles. The van der Waals surface area contributed by atoms with Crippen molar-refractivity contribution in [1.29, 1.82) is 0 Å². The first-order valence-electron chi connectivity index (χ1n) is 7.13. The number of hydrogen-bond donors (Lipinski definition) is 2. The molecular weight excluding hydrogens is 258 g/mol. The van der Waals surface area contributed by atoms with Gasteiger partial charge >= 0.3 is 5.97 Å². The number of hydrogen-bond acceptors (Lipinski definition) is 5. The first-order valence-corrected chi connectivity index (χ1v) is 7.13. The summed E-state index contributed by atoms with van der Waals surface area (Å²) in [5.74, 6) is -0.208. The largest absolute Gasteiger partial charge is 0.479 e. The normalized spacial score (nSPS) is 25.8. The Morgan fingerprint density at radius 3 is 2.90 bits per heavy atom. The number of carbonyl (C=O) groups is 1. The van der Waals surface area contributed by atoms with Crippen LogP contribution in [0.4, 0.5) is 5.82 Å². The SMILES string of the molecule is O=C(O)C1(Nc2ncnc3c2CCCCC3)CCOC1. The number of nitrogens with one attached hydrogen (secondary N) is 1. The summed E-state index contributed by atoms with van der Waals surface area (Å²) in [7, 11) is 0. The van der Waals surface area contributed by atoms with E-state index in [1.54, 1.807) is 0 Å². The lowest BCUT2D eigenvalue weighted by Crippen LogP contribution is -2.47. The second kappa shape index (κ2) is 5.36. The van der Waals surface area contributed by atoms with Gasteiger partial charge in [0.2, 0.25) is 0 Å². The molecule has 6 heteroatoms. The van der Waals surface area contributed by atoms with Gasteiger partial charge in [0, 0.05) is 24.3 Å². The second-order valence-corrected chi connectivity index (χ2v) is 5.52. The fourth-order valence-corrected chi connectivity index (χ4v) is 2.92. The molecule has 108 valence electrons. The number of fused-ring (bicyclic) bond motifs is 1. The van der Waals surface area contributed by atoms with Crippen LogP contribution in [0.3, 0.4) is 0 Å². The molecule has 6 nitrogen and oxygen atoms in total. The van der Waals surface area contributed by atoms with Crippen molar-refractivity contribution in [2.24, 2.45) is 0 Å².